The number of esters is 1. The van der Waals surface area contributed by atoms with Crippen molar-refractivity contribution in [3.63, 3.8) is 0 Å². The Hall–Kier alpha value is -3.72. The summed E-state index contributed by atoms with van der Waals surface area (Å²) < 4.78 is 45.7. The molecule has 9 heteroatoms. The van der Waals surface area contributed by atoms with Gasteiger partial charge in [0.05, 0.1) is 16.5 Å². The van der Waals surface area contributed by atoms with Gasteiger partial charge in [-0.15, -0.1) is 0 Å². The summed E-state index contributed by atoms with van der Waals surface area (Å²) in [4.78, 5) is 24.7. The molecule has 0 bridgehead atoms. The van der Waals surface area contributed by atoms with Gasteiger partial charge in [-0.1, -0.05) is 30.3 Å². The van der Waals surface area contributed by atoms with Gasteiger partial charge >= 0.3 is 5.97 Å². The van der Waals surface area contributed by atoms with E-state index in [1.165, 1.54) is 35.9 Å². The molecule has 3 aromatic rings. The predicted octanol–water partition coefficient (Wildman–Crippen LogP) is 3.98. The van der Waals surface area contributed by atoms with E-state index in [1.807, 2.05) is 24.3 Å². The molecule has 0 aliphatic heterocycles. The lowest BCUT2D eigenvalue weighted by Crippen LogP contribution is -2.34. The van der Waals surface area contributed by atoms with Crippen LogP contribution < -0.4 is 10.0 Å². The number of fused-ring (bicyclic) bond motifs is 1. The number of hydrogen-bond acceptors (Lipinski definition) is 5. The van der Waals surface area contributed by atoms with Gasteiger partial charge in [-0.25, -0.2) is 17.6 Å². The molecule has 0 heterocycles. The Labute approximate surface area is 197 Å². The van der Waals surface area contributed by atoms with Gasteiger partial charge in [0.1, 0.15) is 5.82 Å². The molecule has 2 N–H and O–H groups in total. The Morgan fingerprint density at radius 2 is 1.76 bits per heavy atom. The van der Waals surface area contributed by atoms with Gasteiger partial charge in [-0.2, -0.15) is 0 Å². The summed E-state index contributed by atoms with van der Waals surface area (Å²) in [5.74, 6) is -1.75. The lowest BCUT2D eigenvalue weighted by atomic mass is 9.88. The Kier molecular flexibility index (Phi) is 6.93. The number of nitrogens with one attached hydrogen (secondary N) is 2. The molecule has 176 valence electrons. The molecule has 1 atom stereocenters. The first kappa shape index (κ1) is 23.4. The highest BCUT2D eigenvalue weighted by atomic mass is 32.2. The van der Waals surface area contributed by atoms with Crippen molar-refractivity contribution >= 4 is 27.6 Å². The Balaban J connectivity index is 1.37. The number of aryl methyl sites for hydroxylation is 1. The first-order chi connectivity index (χ1) is 16.3. The van der Waals surface area contributed by atoms with E-state index in [2.05, 4.69) is 10.0 Å². The molecule has 1 aliphatic carbocycles. The summed E-state index contributed by atoms with van der Waals surface area (Å²) in [5.41, 5.74) is 2.43. The quantitative estimate of drug-likeness (QED) is 0.496. The topological polar surface area (TPSA) is 102 Å². The number of carbonyl (C=O) groups excluding carboxylic acids is 2. The molecule has 0 saturated carbocycles. The third-order valence-corrected chi connectivity index (χ3v) is 6.89. The van der Waals surface area contributed by atoms with Crippen LogP contribution in [0.5, 0.6) is 0 Å². The number of anilines is 1. The summed E-state index contributed by atoms with van der Waals surface area (Å²) in [6, 6.07) is 17.9. The number of amides is 1. The third-order valence-electron chi connectivity index (χ3n) is 5.52. The smallest absolute Gasteiger partial charge is 0.338 e. The lowest BCUT2D eigenvalue weighted by molar-refractivity contribution is -0.125. The van der Waals surface area contributed by atoms with Crippen LogP contribution in [0.25, 0.3) is 0 Å². The third kappa shape index (κ3) is 5.60. The van der Waals surface area contributed by atoms with E-state index in [-0.39, 0.29) is 22.2 Å². The van der Waals surface area contributed by atoms with Crippen molar-refractivity contribution in [2.45, 2.75) is 30.2 Å². The highest BCUT2D eigenvalue weighted by Crippen LogP contribution is 2.29. The summed E-state index contributed by atoms with van der Waals surface area (Å²) >= 11 is 0. The Bertz CT molecular complexity index is 1310. The fourth-order valence-electron chi connectivity index (χ4n) is 3.88. The average molecular weight is 483 g/mol. The molecule has 3 aromatic carbocycles. The molecule has 7 nitrogen and oxygen atoms in total. The fraction of sp³-hybridized carbons (Fsp3) is 0.200. The number of halogens is 1. The molecule has 0 radical (unpaired) electrons. The second-order valence-corrected chi connectivity index (χ2v) is 9.61. The van der Waals surface area contributed by atoms with Crippen molar-refractivity contribution in [3.8, 4) is 0 Å². The molecule has 1 amide bonds. The Morgan fingerprint density at radius 3 is 2.56 bits per heavy atom. The minimum absolute atomic E-state index is 0.0159. The number of benzene rings is 3. The van der Waals surface area contributed by atoms with E-state index < -0.39 is 34.3 Å². The van der Waals surface area contributed by atoms with Gasteiger partial charge < -0.3 is 10.1 Å². The largest absolute Gasteiger partial charge is 0.452 e. The van der Waals surface area contributed by atoms with E-state index in [4.69, 9.17) is 4.74 Å². The molecule has 0 aromatic heterocycles. The van der Waals surface area contributed by atoms with Gasteiger partial charge in [0, 0.05) is 5.69 Å². The molecule has 0 unspecified atom stereocenters. The van der Waals surface area contributed by atoms with Gasteiger partial charge in [0.15, 0.2) is 6.61 Å². The van der Waals surface area contributed by atoms with E-state index in [0.717, 1.165) is 43.0 Å². The average Bonchev–Trinajstić information content (AvgIpc) is 2.84. The number of rotatable bonds is 7. The van der Waals surface area contributed by atoms with E-state index in [0.29, 0.717) is 0 Å². The van der Waals surface area contributed by atoms with Crippen molar-refractivity contribution in [1.29, 1.82) is 0 Å². The van der Waals surface area contributed by atoms with Crippen molar-refractivity contribution in [2.75, 3.05) is 11.3 Å². The lowest BCUT2D eigenvalue weighted by Gasteiger charge is -2.26. The second kappa shape index (κ2) is 10.0. The van der Waals surface area contributed by atoms with Crippen molar-refractivity contribution < 1.29 is 27.1 Å². The number of sulfonamides is 1. The monoisotopic (exact) mass is 482 g/mol. The van der Waals surface area contributed by atoms with Crippen molar-refractivity contribution in [2.24, 2.45) is 0 Å². The fourth-order valence-corrected chi connectivity index (χ4v) is 4.98. The van der Waals surface area contributed by atoms with E-state index in [9.17, 15) is 22.4 Å². The minimum atomic E-state index is -4.02. The highest BCUT2D eigenvalue weighted by Gasteiger charge is 2.22. The van der Waals surface area contributed by atoms with Crippen LogP contribution in [-0.2, 0) is 26.0 Å². The molecular formula is C25H23FN2O5S. The standard InChI is InChI=1S/C25H23FN2O5S/c26-19-11-13-20(14-12-19)28-34(31,32)21-8-3-7-18(15-21)25(30)33-16-24(29)27-23-10-4-6-17-5-1-2-9-22(17)23/h1-3,5,7-9,11-15,23,28H,4,6,10,16H2,(H,27,29)/t23-/m1/s1. The van der Waals surface area contributed by atoms with Crippen LogP contribution in [0.15, 0.2) is 77.7 Å². The zero-order chi connectivity index (χ0) is 24.1. The second-order valence-electron chi connectivity index (χ2n) is 7.93. The van der Waals surface area contributed by atoms with Gasteiger partial charge in [0.25, 0.3) is 15.9 Å². The normalized spacial score (nSPS) is 15.1. The summed E-state index contributed by atoms with van der Waals surface area (Å²) in [6.07, 6.45) is 2.72. The maximum atomic E-state index is 13.1. The number of ether oxygens (including phenoxy) is 1. The molecule has 1 aliphatic rings. The highest BCUT2D eigenvalue weighted by molar-refractivity contribution is 7.92. The zero-order valence-electron chi connectivity index (χ0n) is 18.2. The van der Waals surface area contributed by atoms with Crippen LogP contribution in [0.1, 0.15) is 40.4 Å². The van der Waals surface area contributed by atoms with Crippen LogP contribution >= 0.6 is 0 Å². The first-order valence-corrected chi connectivity index (χ1v) is 12.2. The maximum absolute atomic E-state index is 13.1. The summed E-state index contributed by atoms with van der Waals surface area (Å²) in [5, 5.41) is 2.90. The SMILES string of the molecule is O=C(COC(=O)c1cccc(S(=O)(=O)Nc2ccc(F)cc2)c1)N[C@@H]1CCCc2ccccc21. The van der Waals surface area contributed by atoms with Gasteiger partial charge in [-0.05, 0) is 72.9 Å². The van der Waals surface area contributed by atoms with Gasteiger partial charge in [-0.3, -0.25) is 9.52 Å². The van der Waals surface area contributed by atoms with Crippen LogP contribution in [0.2, 0.25) is 0 Å². The van der Waals surface area contributed by atoms with Crippen LogP contribution in [0.3, 0.4) is 0 Å². The molecular weight excluding hydrogens is 459 g/mol. The Morgan fingerprint density at radius 1 is 1.00 bits per heavy atom. The molecule has 0 saturated heterocycles. The summed E-state index contributed by atoms with van der Waals surface area (Å²) in [7, 11) is -4.02. The zero-order valence-corrected chi connectivity index (χ0v) is 19.0. The molecule has 0 spiro atoms. The number of carbonyl (C=O) groups is 2. The number of hydrogen-bond donors (Lipinski definition) is 2. The van der Waals surface area contributed by atoms with E-state index in [1.54, 1.807) is 0 Å². The predicted molar refractivity (Wildman–Crippen MR) is 124 cm³/mol. The van der Waals surface area contributed by atoms with Crippen LogP contribution in [0, 0.1) is 5.82 Å². The van der Waals surface area contributed by atoms with Crippen LogP contribution in [-0.4, -0.2) is 26.9 Å². The van der Waals surface area contributed by atoms with Crippen molar-refractivity contribution in [3.05, 3.63) is 95.3 Å². The maximum Gasteiger partial charge on any atom is 0.338 e. The summed E-state index contributed by atoms with van der Waals surface area (Å²) in [6.45, 7) is -0.484. The first-order valence-electron chi connectivity index (χ1n) is 10.7. The van der Waals surface area contributed by atoms with E-state index >= 15 is 0 Å². The molecule has 34 heavy (non-hydrogen) atoms. The van der Waals surface area contributed by atoms with Gasteiger partial charge in [0.2, 0.25) is 0 Å². The van der Waals surface area contributed by atoms with Crippen molar-refractivity contribution in [1.82, 2.24) is 5.32 Å². The molecule has 4 rings (SSSR count). The molecule has 0 fully saturated rings. The minimum Gasteiger partial charge on any atom is -0.452 e. The van der Waals surface area contributed by atoms with Crippen LogP contribution in [0.4, 0.5) is 10.1 Å².